The standard InChI is InChI=1S/C7H11NO3/c1-4-6(9)8(3)5(2)7(10)11/h4-5H,1H2,2-3H3,(H,10,11). The van der Waals surface area contributed by atoms with Gasteiger partial charge in [-0.15, -0.1) is 0 Å². The fraction of sp³-hybridized carbons (Fsp3) is 0.429. The number of aliphatic carboxylic acids is 1. The van der Waals surface area contributed by atoms with Crippen LogP contribution in [0.1, 0.15) is 6.92 Å². The smallest absolute Gasteiger partial charge is 0.326 e. The number of hydrogen-bond donors (Lipinski definition) is 1. The Hall–Kier alpha value is -1.32. The molecule has 0 aliphatic heterocycles. The van der Waals surface area contributed by atoms with Crippen LogP contribution < -0.4 is 0 Å². The molecule has 0 saturated carbocycles. The summed E-state index contributed by atoms with van der Waals surface area (Å²) in [6.07, 6.45) is 1.08. The lowest BCUT2D eigenvalue weighted by Crippen LogP contribution is -2.39. The SMILES string of the molecule is C=CC(=O)N(C)C(C)C(=O)O. The molecule has 0 bridgehead atoms. The maximum absolute atomic E-state index is 10.8. The first-order valence-corrected chi connectivity index (χ1v) is 3.12. The van der Waals surface area contributed by atoms with Gasteiger partial charge < -0.3 is 10.0 Å². The van der Waals surface area contributed by atoms with Gasteiger partial charge in [0.15, 0.2) is 0 Å². The van der Waals surface area contributed by atoms with Crippen molar-refractivity contribution in [3.63, 3.8) is 0 Å². The summed E-state index contributed by atoms with van der Waals surface area (Å²) >= 11 is 0. The van der Waals surface area contributed by atoms with E-state index in [1.54, 1.807) is 0 Å². The molecule has 0 rings (SSSR count). The molecule has 0 aromatic carbocycles. The zero-order chi connectivity index (χ0) is 9.02. The van der Waals surface area contributed by atoms with Crippen molar-refractivity contribution in [3.05, 3.63) is 12.7 Å². The molecule has 62 valence electrons. The second kappa shape index (κ2) is 3.75. The first kappa shape index (κ1) is 9.68. The van der Waals surface area contributed by atoms with Gasteiger partial charge in [-0.05, 0) is 13.0 Å². The van der Waals surface area contributed by atoms with Gasteiger partial charge in [0.1, 0.15) is 6.04 Å². The molecule has 1 atom stereocenters. The molecular weight excluding hydrogens is 146 g/mol. The molecule has 4 heteroatoms. The molecule has 0 heterocycles. The number of carbonyl (C=O) groups is 2. The van der Waals surface area contributed by atoms with Crippen LogP contribution in [0.3, 0.4) is 0 Å². The monoisotopic (exact) mass is 157 g/mol. The lowest BCUT2D eigenvalue weighted by Gasteiger charge is -2.19. The van der Waals surface area contributed by atoms with Gasteiger partial charge in [0, 0.05) is 7.05 Å². The Morgan fingerprint density at radius 3 is 2.36 bits per heavy atom. The van der Waals surface area contributed by atoms with Crippen LogP contribution in [0.4, 0.5) is 0 Å². The molecule has 0 aliphatic carbocycles. The van der Waals surface area contributed by atoms with Crippen molar-refractivity contribution in [1.82, 2.24) is 4.90 Å². The van der Waals surface area contributed by atoms with E-state index < -0.39 is 12.0 Å². The van der Waals surface area contributed by atoms with Crippen molar-refractivity contribution in [1.29, 1.82) is 0 Å². The number of hydrogen-bond acceptors (Lipinski definition) is 2. The maximum atomic E-state index is 10.8. The minimum atomic E-state index is -1.03. The molecule has 0 aromatic heterocycles. The third-order valence-electron chi connectivity index (χ3n) is 1.46. The molecular formula is C7H11NO3. The normalized spacial score (nSPS) is 11.8. The Morgan fingerprint density at radius 1 is 1.64 bits per heavy atom. The summed E-state index contributed by atoms with van der Waals surface area (Å²) in [5.74, 6) is -1.41. The second-order valence-corrected chi connectivity index (χ2v) is 2.17. The van der Waals surface area contributed by atoms with E-state index in [4.69, 9.17) is 5.11 Å². The highest BCUT2D eigenvalue weighted by atomic mass is 16.4. The van der Waals surface area contributed by atoms with Crippen LogP contribution in [-0.2, 0) is 9.59 Å². The number of amides is 1. The van der Waals surface area contributed by atoms with E-state index in [9.17, 15) is 9.59 Å². The highest BCUT2D eigenvalue weighted by Gasteiger charge is 2.18. The summed E-state index contributed by atoms with van der Waals surface area (Å²) < 4.78 is 0. The Morgan fingerprint density at radius 2 is 2.09 bits per heavy atom. The van der Waals surface area contributed by atoms with E-state index in [2.05, 4.69) is 6.58 Å². The lowest BCUT2D eigenvalue weighted by atomic mass is 10.3. The second-order valence-electron chi connectivity index (χ2n) is 2.17. The van der Waals surface area contributed by atoms with Gasteiger partial charge >= 0.3 is 5.97 Å². The summed E-state index contributed by atoms with van der Waals surface area (Å²) in [5.41, 5.74) is 0. The molecule has 1 unspecified atom stereocenters. The van der Waals surface area contributed by atoms with Crippen molar-refractivity contribution < 1.29 is 14.7 Å². The van der Waals surface area contributed by atoms with Crippen molar-refractivity contribution in [3.8, 4) is 0 Å². The van der Waals surface area contributed by atoms with Crippen LogP contribution in [-0.4, -0.2) is 35.0 Å². The minimum Gasteiger partial charge on any atom is -0.480 e. The topological polar surface area (TPSA) is 57.6 Å². The Bertz CT molecular complexity index is 188. The number of carboxylic acid groups (broad SMARTS) is 1. The van der Waals surface area contributed by atoms with Crippen molar-refractivity contribution in [2.75, 3.05) is 7.05 Å². The fourth-order valence-corrected chi connectivity index (χ4v) is 0.501. The Balaban J connectivity index is 4.23. The van der Waals surface area contributed by atoms with E-state index in [0.717, 1.165) is 11.0 Å². The molecule has 0 aromatic rings. The summed E-state index contributed by atoms with van der Waals surface area (Å²) in [7, 11) is 1.42. The van der Waals surface area contributed by atoms with Crippen molar-refractivity contribution in [2.24, 2.45) is 0 Å². The van der Waals surface area contributed by atoms with Crippen molar-refractivity contribution >= 4 is 11.9 Å². The van der Waals surface area contributed by atoms with Gasteiger partial charge in [0.05, 0.1) is 0 Å². The predicted octanol–water partition coefficient (Wildman–Crippen LogP) is 0.104. The molecule has 11 heavy (non-hydrogen) atoms. The average Bonchev–Trinajstić information content (AvgIpc) is 2.00. The molecule has 4 nitrogen and oxygen atoms in total. The number of rotatable bonds is 3. The third-order valence-corrected chi connectivity index (χ3v) is 1.46. The quantitative estimate of drug-likeness (QED) is 0.591. The van der Waals surface area contributed by atoms with Gasteiger partial charge in [0.2, 0.25) is 5.91 Å². The van der Waals surface area contributed by atoms with E-state index in [1.807, 2.05) is 0 Å². The highest BCUT2D eigenvalue weighted by Crippen LogP contribution is 1.95. The molecule has 0 fully saturated rings. The number of carbonyl (C=O) groups excluding carboxylic acids is 1. The lowest BCUT2D eigenvalue weighted by molar-refractivity contribution is -0.146. The van der Waals surface area contributed by atoms with Gasteiger partial charge in [0.25, 0.3) is 0 Å². The minimum absolute atomic E-state index is 0.389. The Labute approximate surface area is 65.1 Å². The van der Waals surface area contributed by atoms with E-state index in [-0.39, 0.29) is 5.91 Å². The fourth-order valence-electron chi connectivity index (χ4n) is 0.501. The van der Waals surface area contributed by atoms with Crippen LogP contribution in [0.2, 0.25) is 0 Å². The van der Waals surface area contributed by atoms with E-state index >= 15 is 0 Å². The largest absolute Gasteiger partial charge is 0.480 e. The average molecular weight is 157 g/mol. The van der Waals surface area contributed by atoms with E-state index in [0.29, 0.717) is 0 Å². The van der Waals surface area contributed by atoms with Crippen LogP contribution in [0.15, 0.2) is 12.7 Å². The molecule has 0 aliphatic rings. The molecule has 0 saturated heterocycles. The first-order valence-electron chi connectivity index (χ1n) is 3.12. The van der Waals surface area contributed by atoms with Gasteiger partial charge in [-0.25, -0.2) is 4.79 Å². The summed E-state index contributed by atoms with van der Waals surface area (Å²) in [6.45, 7) is 4.67. The van der Waals surface area contributed by atoms with Crippen LogP contribution in [0.25, 0.3) is 0 Å². The van der Waals surface area contributed by atoms with E-state index in [1.165, 1.54) is 14.0 Å². The summed E-state index contributed by atoms with van der Waals surface area (Å²) in [6, 6.07) is -0.805. The van der Waals surface area contributed by atoms with Gasteiger partial charge in [-0.1, -0.05) is 6.58 Å². The van der Waals surface area contributed by atoms with Crippen LogP contribution in [0, 0.1) is 0 Å². The van der Waals surface area contributed by atoms with Gasteiger partial charge in [-0.3, -0.25) is 4.79 Å². The first-order chi connectivity index (χ1) is 5.00. The molecule has 1 amide bonds. The van der Waals surface area contributed by atoms with Gasteiger partial charge in [-0.2, -0.15) is 0 Å². The predicted molar refractivity (Wildman–Crippen MR) is 40.1 cm³/mol. The summed E-state index contributed by atoms with van der Waals surface area (Å²) in [5, 5.41) is 8.47. The third kappa shape index (κ3) is 2.41. The number of likely N-dealkylation sites (N-methyl/N-ethyl adjacent to an activating group) is 1. The highest BCUT2D eigenvalue weighted by molar-refractivity contribution is 5.90. The molecule has 0 spiro atoms. The molecule has 0 radical (unpaired) electrons. The summed E-state index contributed by atoms with van der Waals surface area (Å²) in [4.78, 5) is 22.2. The van der Waals surface area contributed by atoms with Crippen LogP contribution >= 0.6 is 0 Å². The Kier molecular flexibility index (Phi) is 3.30. The number of carboxylic acids is 1. The van der Waals surface area contributed by atoms with Crippen molar-refractivity contribution in [2.45, 2.75) is 13.0 Å². The molecule has 1 N–H and O–H groups in total. The maximum Gasteiger partial charge on any atom is 0.326 e. The van der Waals surface area contributed by atoms with Crippen LogP contribution in [0.5, 0.6) is 0 Å². The number of nitrogens with zero attached hydrogens (tertiary/aromatic N) is 1. The zero-order valence-electron chi connectivity index (χ0n) is 6.57. The zero-order valence-corrected chi connectivity index (χ0v) is 6.57.